The summed E-state index contributed by atoms with van der Waals surface area (Å²) in [6.07, 6.45) is -2.62. The number of hydrogen-bond acceptors (Lipinski definition) is 3. The van der Waals surface area contributed by atoms with E-state index in [4.69, 9.17) is 10.8 Å². The molecule has 0 aliphatic rings. The lowest BCUT2D eigenvalue weighted by atomic mass is 10.0. The minimum atomic E-state index is -2.62. The Morgan fingerprint density at radius 3 is 2.43 bits per heavy atom. The maximum atomic E-state index is 12.2. The number of alkyl halides is 2. The fourth-order valence-electron chi connectivity index (χ4n) is 1.11. The number of phenolic OH excluding ortho intramolecular Hbond substituents is 1. The summed E-state index contributed by atoms with van der Waals surface area (Å²) in [5.41, 5.74) is 5.42. The van der Waals surface area contributed by atoms with Crippen LogP contribution in [0.4, 0.5) is 8.78 Å². The van der Waals surface area contributed by atoms with Gasteiger partial charge in [-0.15, -0.1) is 0 Å². The zero-order chi connectivity index (χ0) is 10.7. The number of phenols is 1. The van der Waals surface area contributed by atoms with E-state index in [0.717, 1.165) is 6.07 Å². The highest BCUT2D eigenvalue weighted by atomic mass is 19.3. The van der Waals surface area contributed by atoms with Gasteiger partial charge in [-0.1, -0.05) is 12.1 Å². The van der Waals surface area contributed by atoms with Crippen molar-refractivity contribution in [1.29, 1.82) is 0 Å². The Balaban J connectivity index is 3.01. The van der Waals surface area contributed by atoms with Crippen molar-refractivity contribution in [3.8, 4) is 5.75 Å². The fraction of sp³-hybridized carbons (Fsp3) is 0.333. The van der Waals surface area contributed by atoms with Crippen LogP contribution in [0, 0.1) is 0 Å². The Morgan fingerprint density at radius 1 is 1.36 bits per heavy atom. The molecule has 1 rings (SSSR count). The van der Waals surface area contributed by atoms with Crippen LogP contribution >= 0.6 is 0 Å². The maximum absolute atomic E-state index is 12.2. The van der Waals surface area contributed by atoms with Gasteiger partial charge in [-0.05, 0) is 6.07 Å². The molecule has 78 valence electrons. The SMILES string of the molecule is NC(CO)c1ccc(C(F)F)cc1O. The van der Waals surface area contributed by atoms with Gasteiger partial charge in [0.2, 0.25) is 0 Å². The zero-order valence-corrected chi connectivity index (χ0v) is 7.32. The van der Waals surface area contributed by atoms with Crippen LogP contribution in [0.5, 0.6) is 5.75 Å². The maximum Gasteiger partial charge on any atom is 0.263 e. The summed E-state index contributed by atoms with van der Waals surface area (Å²) < 4.78 is 24.3. The molecule has 0 bridgehead atoms. The van der Waals surface area contributed by atoms with Gasteiger partial charge in [-0.3, -0.25) is 0 Å². The van der Waals surface area contributed by atoms with Gasteiger partial charge in [0.05, 0.1) is 12.6 Å². The van der Waals surface area contributed by atoms with Crippen LogP contribution in [0.25, 0.3) is 0 Å². The Bertz CT molecular complexity index is 318. The normalized spacial score (nSPS) is 13.2. The van der Waals surface area contributed by atoms with Crippen molar-refractivity contribution in [2.24, 2.45) is 5.73 Å². The van der Waals surface area contributed by atoms with Crippen molar-refractivity contribution < 1.29 is 19.0 Å². The molecule has 0 amide bonds. The van der Waals surface area contributed by atoms with E-state index in [1.165, 1.54) is 12.1 Å². The molecule has 0 aromatic heterocycles. The van der Waals surface area contributed by atoms with Gasteiger partial charge in [-0.2, -0.15) is 0 Å². The third-order valence-electron chi connectivity index (χ3n) is 1.90. The first-order valence-electron chi connectivity index (χ1n) is 4.03. The van der Waals surface area contributed by atoms with Crippen molar-refractivity contribution in [3.63, 3.8) is 0 Å². The molecular formula is C9H11F2NO2. The molecule has 0 radical (unpaired) electrons. The van der Waals surface area contributed by atoms with Crippen LogP contribution in [-0.4, -0.2) is 16.8 Å². The number of halogens is 2. The van der Waals surface area contributed by atoms with Crippen LogP contribution in [0.3, 0.4) is 0 Å². The molecular weight excluding hydrogens is 192 g/mol. The van der Waals surface area contributed by atoms with Gasteiger partial charge < -0.3 is 15.9 Å². The standard InChI is InChI=1S/C9H11F2NO2/c10-9(11)5-1-2-6(7(12)4-13)8(14)3-5/h1-3,7,9,13-14H,4,12H2. The molecule has 0 saturated heterocycles. The van der Waals surface area contributed by atoms with Gasteiger partial charge in [0.25, 0.3) is 6.43 Å². The molecule has 1 atom stereocenters. The van der Waals surface area contributed by atoms with E-state index in [1.807, 2.05) is 0 Å². The number of rotatable bonds is 3. The number of hydrogen-bond donors (Lipinski definition) is 3. The van der Waals surface area contributed by atoms with Crippen LogP contribution in [0.15, 0.2) is 18.2 Å². The largest absolute Gasteiger partial charge is 0.508 e. The van der Waals surface area contributed by atoms with Gasteiger partial charge in [0.15, 0.2) is 0 Å². The van der Waals surface area contributed by atoms with Crippen molar-refractivity contribution in [3.05, 3.63) is 29.3 Å². The molecule has 1 aromatic carbocycles. The predicted octanol–water partition coefficient (Wildman–Crippen LogP) is 1.32. The summed E-state index contributed by atoms with van der Waals surface area (Å²) in [6, 6.07) is 2.67. The van der Waals surface area contributed by atoms with Crippen molar-refractivity contribution in [2.45, 2.75) is 12.5 Å². The Labute approximate surface area is 79.8 Å². The van der Waals surface area contributed by atoms with E-state index in [-0.39, 0.29) is 23.5 Å². The molecule has 0 heterocycles. The Hall–Kier alpha value is -1.20. The molecule has 0 fully saturated rings. The van der Waals surface area contributed by atoms with E-state index in [9.17, 15) is 13.9 Å². The third-order valence-corrected chi connectivity index (χ3v) is 1.90. The highest BCUT2D eigenvalue weighted by Crippen LogP contribution is 2.28. The van der Waals surface area contributed by atoms with E-state index >= 15 is 0 Å². The fourth-order valence-corrected chi connectivity index (χ4v) is 1.11. The lowest BCUT2D eigenvalue weighted by Gasteiger charge is -2.11. The smallest absolute Gasteiger partial charge is 0.263 e. The highest BCUT2D eigenvalue weighted by Gasteiger charge is 2.13. The Morgan fingerprint density at radius 2 is 2.00 bits per heavy atom. The summed E-state index contributed by atoms with van der Waals surface area (Å²) in [5.74, 6) is -0.315. The number of aromatic hydroxyl groups is 1. The summed E-state index contributed by atoms with van der Waals surface area (Å²) in [6.45, 7) is -0.346. The van der Waals surface area contributed by atoms with Gasteiger partial charge >= 0.3 is 0 Å². The average molecular weight is 203 g/mol. The lowest BCUT2D eigenvalue weighted by molar-refractivity contribution is 0.151. The first-order valence-corrected chi connectivity index (χ1v) is 4.03. The number of aliphatic hydroxyl groups is 1. The average Bonchev–Trinajstić information content (AvgIpc) is 2.16. The number of nitrogens with two attached hydrogens (primary N) is 1. The molecule has 0 aliphatic heterocycles. The van der Waals surface area contributed by atoms with E-state index in [0.29, 0.717) is 0 Å². The van der Waals surface area contributed by atoms with Crippen molar-refractivity contribution in [1.82, 2.24) is 0 Å². The first kappa shape index (κ1) is 10.9. The summed E-state index contributed by atoms with van der Waals surface area (Å²) in [4.78, 5) is 0. The predicted molar refractivity (Wildman–Crippen MR) is 47.1 cm³/mol. The minimum Gasteiger partial charge on any atom is -0.508 e. The molecule has 5 heteroatoms. The molecule has 0 aliphatic carbocycles. The van der Waals surface area contributed by atoms with Crippen molar-refractivity contribution in [2.75, 3.05) is 6.61 Å². The molecule has 14 heavy (non-hydrogen) atoms. The molecule has 3 nitrogen and oxygen atoms in total. The summed E-state index contributed by atoms with van der Waals surface area (Å²) in [5, 5.41) is 18.0. The summed E-state index contributed by atoms with van der Waals surface area (Å²) >= 11 is 0. The van der Waals surface area contributed by atoms with E-state index < -0.39 is 12.5 Å². The van der Waals surface area contributed by atoms with Gasteiger partial charge in [0.1, 0.15) is 5.75 Å². The van der Waals surface area contributed by atoms with E-state index in [1.54, 1.807) is 0 Å². The van der Waals surface area contributed by atoms with Crippen LogP contribution < -0.4 is 5.73 Å². The molecule has 1 aromatic rings. The number of aliphatic hydroxyl groups excluding tert-OH is 1. The van der Waals surface area contributed by atoms with Crippen molar-refractivity contribution >= 4 is 0 Å². The second-order valence-corrected chi connectivity index (χ2v) is 2.91. The van der Waals surface area contributed by atoms with Crippen LogP contribution in [0.2, 0.25) is 0 Å². The van der Waals surface area contributed by atoms with Gasteiger partial charge in [-0.25, -0.2) is 8.78 Å². The minimum absolute atomic E-state index is 0.261. The monoisotopic (exact) mass is 203 g/mol. The summed E-state index contributed by atoms with van der Waals surface area (Å²) in [7, 11) is 0. The van der Waals surface area contributed by atoms with Crippen LogP contribution in [-0.2, 0) is 0 Å². The topological polar surface area (TPSA) is 66.5 Å². The lowest BCUT2D eigenvalue weighted by Crippen LogP contribution is -2.14. The van der Waals surface area contributed by atoms with Crippen LogP contribution in [0.1, 0.15) is 23.6 Å². The molecule has 1 unspecified atom stereocenters. The number of benzene rings is 1. The third kappa shape index (κ3) is 2.18. The van der Waals surface area contributed by atoms with Gasteiger partial charge in [0, 0.05) is 11.1 Å². The molecule has 4 N–H and O–H groups in total. The quantitative estimate of drug-likeness (QED) is 0.694. The highest BCUT2D eigenvalue weighted by molar-refractivity contribution is 5.38. The Kier molecular flexibility index (Phi) is 3.38. The second kappa shape index (κ2) is 4.34. The first-order chi connectivity index (χ1) is 6.56. The second-order valence-electron chi connectivity index (χ2n) is 2.91. The molecule has 0 saturated carbocycles. The molecule has 0 spiro atoms. The zero-order valence-electron chi connectivity index (χ0n) is 7.32. The van der Waals surface area contributed by atoms with E-state index in [2.05, 4.69) is 0 Å².